The monoisotopic (exact) mass is 226 g/mol. The molecule has 0 bridgehead atoms. The summed E-state index contributed by atoms with van der Waals surface area (Å²) in [5, 5.41) is 3.38. The lowest BCUT2D eigenvalue weighted by molar-refractivity contribution is -0.152. The number of nitrogens with one attached hydrogen (secondary N) is 1. The quantitative estimate of drug-likeness (QED) is 0.761. The maximum absolute atomic E-state index is 12.3. The predicted molar refractivity (Wildman–Crippen MR) is 62.1 cm³/mol. The third-order valence-electron chi connectivity index (χ3n) is 4.25. The summed E-state index contributed by atoms with van der Waals surface area (Å²) >= 11 is 0. The Morgan fingerprint density at radius 2 is 2.00 bits per heavy atom. The summed E-state index contributed by atoms with van der Waals surface area (Å²) in [6.45, 7) is 7.81. The van der Waals surface area contributed by atoms with Crippen LogP contribution >= 0.6 is 0 Å². The van der Waals surface area contributed by atoms with E-state index in [1.807, 2.05) is 18.7 Å². The van der Waals surface area contributed by atoms with Gasteiger partial charge >= 0.3 is 0 Å². The van der Waals surface area contributed by atoms with Crippen molar-refractivity contribution in [1.82, 2.24) is 10.2 Å². The largest absolute Gasteiger partial charge is 0.369 e. The zero-order valence-corrected chi connectivity index (χ0v) is 10.5. The number of amides is 1. The molecule has 0 spiro atoms. The van der Waals surface area contributed by atoms with Crippen LogP contribution in [0.3, 0.4) is 0 Å². The van der Waals surface area contributed by atoms with Gasteiger partial charge < -0.3 is 15.0 Å². The van der Waals surface area contributed by atoms with E-state index in [0.717, 1.165) is 32.6 Å². The van der Waals surface area contributed by atoms with Gasteiger partial charge in [-0.15, -0.1) is 0 Å². The molecule has 0 saturated carbocycles. The fraction of sp³-hybridized carbons (Fsp3) is 0.917. The Morgan fingerprint density at radius 3 is 2.44 bits per heavy atom. The molecular formula is C12H22N2O2. The summed E-state index contributed by atoms with van der Waals surface area (Å²) in [6, 6.07) is 0. The maximum atomic E-state index is 12.3. The number of hydrogen-bond donors (Lipinski definition) is 1. The zero-order chi connectivity index (χ0) is 11.8. The van der Waals surface area contributed by atoms with Crippen LogP contribution in [0.2, 0.25) is 0 Å². The second kappa shape index (κ2) is 4.34. The van der Waals surface area contributed by atoms with Gasteiger partial charge in [0.25, 0.3) is 5.91 Å². The minimum Gasteiger partial charge on any atom is -0.369 e. The van der Waals surface area contributed by atoms with Crippen molar-refractivity contribution >= 4 is 5.91 Å². The van der Waals surface area contributed by atoms with Crippen LogP contribution in [0.25, 0.3) is 0 Å². The van der Waals surface area contributed by atoms with Crippen molar-refractivity contribution in [1.29, 1.82) is 0 Å². The maximum Gasteiger partial charge on any atom is 0.254 e. The van der Waals surface area contributed by atoms with Crippen molar-refractivity contribution < 1.29 is 9.53 Å². The SMILES string of the molecule is CCC(C)(OC)C(=O)N1CC2CNCC2C1. The molecule has 2 rings (SSSR count). The summed E-state index contributed by atoms with van der Waals surface area (Å²) in [7, 11) is 1.62. The van der Waals surface area contributed by atoms with Crippen LogP contribution in [-0.4, -0.2) is 49.7 Å². The highest BCUT2D eigenvalue weighted by atomic mass is 16.5. The van der Waals surface area contributed by atoms with Gasteiger partial charge in [0.2, 0.25) is 0 Å². The number of rotatable bonds is 3. The fourth-order valence-corrected chi connectivity index (χ4v) is 2.74. The molecule has 2 saturated heterocycles. The van der Waals surface area contributed by atoms with Crippen LogP contribution in [-0.2, 0) is 9.53 Å². The molecule has 2 aliphatic heterocycles. The van der Waals surface area contributed by atoms with E-state index in [4.69, 9.17) is 4.74 Å². The van der Waals surface area contributed by atoms with Crippen LogP contribution in [0.4, 0.5) is 0 Å². The fourth-order valence-electron chi connectivity index (χ4n) is 2.74. The van der Waals surface area contributed by atoms with Gasteiger partial charge in [0.15, 0.2) is 0 Å². The van der Waals surface area contributed by atoms with Crippen molar-refractivity contribution in [3.63, 3.8) is 0 Å². The Kier molecular flexibility index (Phi) is 3.22. The lowest BCUT2D eigenvalue weighted by Gasteiger charge is -2.30. The second-order valence-corrected chi connectivity index (χ2v) is 5.18. The van der Waals surface area contributed by atoms with E-state index in [2.05, 4.69) is 5.32 Å². The van der Waals surface area contributed by atoms with Gasteiger partial charge in [-0.1, -0.05) is 6.92 Å². The minimum atomic E-state index is -0.633. The Hall–Kier alpha value is -0.610. The molecule has 4 nitrogen and oxygen atoms in total. The van der Waals surface area contributed by atoms with E-state index in [0.29, 0.717) is 11.8 Å². The predicted octanol–water partition coefficient (Wildman–Crippen LogP) is 0.479. The topological polar surface area (TPSA) is 41.6 Å². The summed E-state index contributed by atoms with van der Waals surface area (Å²) in [6.07, 6.45) is 0.729. The normalized spacial score (nSPS) is 32.6. The molecule has 0 radical (unpaired) electrons. The van der Waals surface area contributed by atoms with E-state index in [1.54, 1.807) is 7.11 Å². The summed E-state index contributed by atoms with van der Waals surface area (Å²) in [5.41, 5.74) is -0.633. The number of nitrogens with zero attached hydrogens (tertiary/aromatic N) is 1. The third kappa shape index (κ3) is 1.84. The first-order valence-electron chi connectivity index (χ1n) is 6.16. The molecule has 3 unspecified atom stereocenters. The van der Waals surface area contributed by atoms with Crippen molar-refractivity contribution in [2.45, 2.75) is 25.9 Å². The van der Waals surface area contributed by atoms with Crippen LogP contribution in [0.1, 0.15) is 20.3 Å². The van der Waals surface area contributed by atoms with Crippen molar-refractivity contribution in [2.24, 2.45) is 11.8 Å². The van der Waals surface area contributed by atoms with E-state index < -0.39 is 5.60 Å². The molecule has 2 heterocycles. The first kappa shape index (κ1) is 11.9. The lowest BCUT2D eigenvalue weighted by Crippen LogP contribution is -2.47. The third-order valence-corrected chi connectivity index (χ3v) is 4.25. The molecule has 0 aromatic heterocycles. The Morgan fingerprint density at radius 1 is 1.44 bits per heavy atom. The molecule has 92 valence electrons. The smallest absolute Gasteiger partial charge is 0.254 e. The highest BCUT2D eigenvalue weighted by Crippen LogP contribution is 2.29. The first-order chi connectivity index (χ1) is 7.60. The number of methoxy groups -OCH3 is 1. The van der Waals surface area contributed by atoms with Crippen LogP contribution in [0, 0.1) is 11.8 Å². The molecule has 4 heteroatoms. The zero-order valence-electron chi connectivity index (χ0n) is 10.5. The number of likely N-dealkylation sites (tertiary alicyclic amines) is 1. The van der Waals surface area contributed by atoms with E-state index in [-0.39, 0.29) is 5.91 Å². The average molecular weight is 226 g/mol. The number of carbonyl (C=O) groups excluding carboxylic acids is 1. The molecule has 0 aromatic carbocycles. The van der Waals surface area contributed by atoms with Gasteiger partial charge in [-0.05, 0) is 25.2 Å². The van der Waals surface area contributed by atoms with E-state index >= 15 is 0 Å². The van der Waals surface area contributed by atoms with E-state index in [1.165, 1.54) is 0 Å². The van der Waals surface area contributed by atoms with Gasteiger partial charge in [0.1, 0.15) is 5.60 Å². The van der Waals surface area contributed by atoms with Gasteiger partial charge in [-0.3, -0.25) is 4.79 Å². The second-order valence-electron chi connectivity index (χ2n) is 5.18. The molecule has 0 aromatic rings. The highest BCUT2D eigenvalue weighted by Gasteiger charge is 2.43. The van der Waals surface area contributed by atoms with Gasteiger partial charge in [-0.25, -0.2) is 0 Å². The molecule has 1 amide bonds. The van der Waals surface area contributed by atoms with Gasteiger partial charge in [-0.2, -0.15) is 0 Å². The standard InChI is InChI=1S/C12H22N2O2/c1-4-12(2,16-3)11(15)14-7-9-5-13-6-10(9)8-14/h9-10,13H,4-8H2,1-3H3. The van der Waals surface area contributed by atoms with Crippen molar-refractivity contribution in [3.05, 3.63) is 0 Å². The summed E-state index contributed by atoms with van der Waals surface area (Å²) in [4.78, 5) is 14.3. The summed E-state index contributed by atoms with van der Waals surface area (Å²) < 4.78 is 5.38. The molecule has 2 fully saturated rings. The van der Waals surface area contributed by atoms with Gasteiger partial charge in [0.05, 0.1) is 0 Å². The number of fused-ring (bicyclic) bond motifs is 1. The number of carbonyl (C=O) groups is 1. The molecular weight excluding hydrogens is 204 g/mol. The molecule has 3 atom stereocenters. The average Bonchev–Trinajstić information content (AvgIpc) is 2.87. The van der Waals surface area contributed by atoms with Crippen LogP contribution < -0.4 is 5.32 Å². The van der Waals surface area contributed by atoms with Gasteiger partial charge in [0, 0.05) is 33.3 Å². The Labute approximate surface area is 97.3 Å². The molecule has 0 aliphatic carbocycles. The first-order valence-corrected chi connectivity index (χ1v) is 6.16. The van der Waals surface area contributed by atoms with Crippen molar-refractivity contribution in [2.75, 3.05) is 33.3 Å². The Balaban J connectivity index is 2.01. The number of ether oxygens (including phenoxy) is 1. The lowest BCUT2D eigenvalue weighted by atomic mass is 10.0. The van der Waals surface area contributed by atoms with Crippen LogP contribution in [0.15, 0.2) is 0 Å². The highest BCUT2D eigenvalue weighted by molar-refractivity contribution is 5.85. The van der Waals surface area contributed by atoms with Crippen molar-refractivity contribution in [3.8, 4) is 0 Å². The minimum absolute atomic E-state index is 0.159. The molecule has 16 heavy (non-hydrogen) atoms. The summed E-state index contributed by atoms with van der Waals surface area (Å²) in [5.74, 6) is 1.47. The Bertz CT molecular complexity index is 264. The molecule has 1 N–H and O–H groups in total. The van der Waals surface area contributed by atoms with Crippen LogP contribution in [0.5, 0.6) is 0 Å². The van der Waals surface area contributed by atoms with E-state index in [9.17, 15) is 4.79 Å². The molecule has 2 aliphatic rings. The number of hydrogen-bond acceptors (Lipinski definition) is 3.